The van der Waals surface area contributed by atoms with Crippen LogP contribution in [0.4, 0.5) is 4.79 Å². The van der Waals surface area contributed by atoms with Gasteiger partial charge in [-0.1, -0.05) is 75.6 Å². The van der Waals surface area contributed by atoms with Crippen molar-refractivity contribution in [1.29, 1.82) is 0 Å². The molecule has 5 atom stereocenters. The summed E-state index contributed by atoms with van der Waals surface area (Å²) in [7, 11) is -3.93. The number of amides is 1. The standard InChI is InChI=1S/C30H42N2O6S/c1-21(2)18-32(39(36,37)27-13-11-23(20-33)12-14-27)19-29(34)28(15-22-7-4-3-5-8-22)31-30(35)38-26-16-24-9-6-10-25(24)17-26/h3-5,7-8,11-14,21,24-26,28-29,33-34H,6,9-10,15-20H2,1-2H3,(H,31,35)/t24-,25+,26?,28?,29?. The summed E-state index contributed by atoms with van der Waals surface area (Å²) >= 11 is 0. The van der Waals surface area contributed by atoms with Gasteiger partial charge in [0.25, 0.3) is 0 Å². The Morgan fingerprint density at radius 2 is 1.64 bits per heavy atom. The molecule has 4 rings (SSSR count). The van der Waals surface area contributed by atoms with Gasteiger partial charge in [0.15, 0.2) is 0 Å². The van der Waals surface area contributed by atoms with Gasteiger partial charge in [-0.3, -0.25) is 0 Å². The van der Waals surface area contributed by atoms with Crippen LogP contribution < -0.4 is 5.32 Å². The Morgan fingerprint density at radius 1 is 1.00 bits per heavy atom. The minimum atomic E-state index is -3.93. The average molecular weight is 559 g/mol. The number of fused-ring (bicyclic) bond motifs is 1. The molecular weight excluding hydrogens is 516 g/mol. The fraction of sp³-hybridized carbons (Fsp3) is 0.567. The van der Waals surface area contributed by atoms with E-state index in [4.69, 9.17) is 4.74 Å². The molecule has 3 unspecified atom stereocenters. The van der Waals surface area contributed by atoms with Gasteiger partial charge in [0.2, 0.25) is 10.0 Å². The van der Waals surface area contributed by atoms with Crippen molar-refractivity contribution in [2.75, 3.05) is 13.1 Å². The first-order chi connectivity index (χ1) is 18.7. The van der Waals surface area contributed by atoms with Gasteiger partial charge in [0.05, 0.1) is 23.6 Å². The van der Waals surface area contributed by atoms with E-state index in [1.54, 1.807) is 12.1 Å². The van der Waals surface area contributed by atoms with Crippen molar-refractivity contribution in [2.45, 2.75) is 82.1 Å². The number of ether oxygens (including phenoxy) is 1. The van der Waals surface area contributed by atoms with Crippen molar-refractivity contribution in [3.8, 4) is 0 Å². The zero-order valence-corrected chi connectivity index (χ0v) is 23.7. The van der Waals surface area contributed by atoms with Crippen LogP contribution in [0.1, 0.15) is 57.1 Å². The summed E-state index contributed by atoms with van der Waals surface area (Å²) in [4.78, 5) is 13.1. The van der Waals surface area contributed by atoms with Crippen LogP contribution in [0.5, 0.6) is 0 Å². The molecular formula is C30H42N2O6S. The van der Waals surface area contributed by atoms with E-state index in [9.17, 15) is 23.4 Å². The maximum atomic E-state index is 13.6. The molecule has 0 heterocycles. The summed E-state index contributed by atoms with van der Waals surface area (Å²) in [6.45, 7) is 3.66. The molecule has 2 aliphatic rings. The van der Waals surface area contributed by atoms with Crippen LogP contribution in [0.3, 0.4) is 0 Å². The first-order valence-electron chi connectivity index (χ1n) is 14.0. The van der Waals surface area contributed by atoms with E-state index in [0.29, 0.717) is 23.8 Å². The summed E-state index contributed by atoms with van der Waals surface area (Å²) in [6, 6.07) is 14.8. The molecule has 1 amide bonds. The van der Waals surface area contributed by atoms with Gasteiger partial charge >= 0.3 is 6.09 Å². The number of rotatable bonds is 12. The molecule has 0 spiro atoms. The van der Waals surface area contributed by atoms with Crippen LogP contribution >= 0.6 is 0 Å². The first kappa shape index (κ1) is 29.5. The lowest BCUT2D eigenvalue weighted by Crippen LogP contribution is -2.51. The van der Waals surface area contributed by atoms with Gasteiger partial charge in [0.1, 0.15) is 6.10 Å². The second-order valence-corrected chi connectivity index (χ2v) is 13.4. The highest BCUT2D eigenvalue weighted by Crippen LogP contribution is 2.44. The second-order valence-electron chi connectivity index (χ2n) is 11.5. The number of benzene rings is 2. The lowest BCUT2D eigenvalue weighted by atomic mass is 10.0. The summed E-state index contributed by atoms with van der Waals surface area (Å²) in [5.74, 6) is 1.28. The Labute approximate surface area is 232 Å². The van der Waals surface area contributed by atoms with Crippen LogP contribution in [0.25, 0.3) is 0 Å². The van der Waals surface area contributed by atoms with E-state index in [1.807, 2.05) is 44.2 Å². The molecule has 0 saturated heterocycles. The van der Waals surface area contributed by atoms with E-state index in [2.05, 4.69) is 5.32 Å². The zero-order chi connectivity index (χ0) is 28.0. The van der Waals surface area contributed by atoms with Gasteiger partial charge in [0, 0.05) is 13.1 Å². The van der Waals surface area contributed by atoms with Crippen molar-refractivity contribution in [3.05, 3.63) is 65.7 Å². The Morgan fingerprint density at radius 3 is 2.23 bits per heavy atom. The minimum Gasteiger partial charge on any atom is -0.446 e. The number of nitrogens with one attached hydrogen (secondary N) is 1. The van der Waals surface area contributed by atoms with Crippen LogP contribution in [0.2, 0.25) is 0 Å². The largest absolute Gasteiger partial charge is 0.446 e. The number of nitrogens with zero attached hydrogens (tertiary/aromatic N) is 1. The highest BCUT2D eigenvalue weighted by Gasteiger charge is 2.39. The lowest BCUT2D eigenvalue weighted by Gasteiger charge is -2.31. The SMILES string of the molecule is CC(C)CN(CC(O)C(Cc1ccccc1)NC(=O)OC1C[C@H]2CCC[C@H]2C1)S(=O)(=O)c1ccc(CO)cc1. The van der Waals surface area contributed by atoms with Crippen molar-refractivity contribution >= 4 is 16.1 Å². The smallest absolute Gasteiger partial charge is 0.407 e. The maximum absolute atomic E-state index is 13.6. The predicted molar refractivity (Wildman–Crippen MR) is 149 cm³/mol. The van der Waals surface area contributed by atoms with E-state index in [0.717, 1.165) is 18.4 Å². The fourth-order valence-electron chi connectivity index (χ4n) is 6.02. The average Bonchev–Trinajstić information content (AvgIpc) is 3.50. The number of hydrogen-bond donors (Lipinski definition) is 3. The molecule has 2 aromatic rings. The van der Waals surface area contributed by atoms with E-state index < -0.39 is 28.3 Å². The molecule has 0 aliphatic heterocycles. The lowest BCUT2D eigenvalue weighted by molar-refractivity contribution is 0.0702. The fourth-order valence-corrected chi connectivity index (χ4v) is 7.64. The predicted octanol–water partition coefficient (Wildman–Crippen LogP) is 4.10. The third-order valence-electron chi connectivity index (χ3n) is 7.99. The molecule has 3 N–H and O–H groups in total. The number of aliphatic hydroxyl groups excluding tert-OH is 2. The minimum absolute atomic E-state index is 0.0102. The number of hydrogen-bond acceptors (Lipinski definition) is 6. The van der Waals surface area contributed by atoms with Crippen molar-refractivity contribution in [1.82, 2.24) is 9.62 Å². The van der Waals surface area contributed by atoms with Crippen LogP contribution in [-0.4, -0.2) is 60.4 Å². The topological polar surface area (TPSA) is 116 Å². The first-order valence-corrected chi connectivity index (χ1v) is 15.5. The van der Waals surface area contributed by atoms with E-state index >= 15 is 0 Å². The van der Waals surface area contributed by atoms with Gasteiger partial charge < -0.3 is 20.3 Å². The van der Waals surface area contributed by atoms with Crippen LogP contribution in [-0.2, 0) is 27.8 Å². The normalized spacial score (nSPS) is 22.6. The number of aliphatic hydroxyl groups is 2. The zero-order valence-electron chi connectivity index (χ0n) is 22.9. The Hall–Kier alpha value is -2.46. The van der Waals surface area contributed by atoms with E-state index in [1.165, 1.54) is 35.7 Å². The van der Waals surface area contributed by atoms with E-state index in [-0.39, 0.29) is 36.6 Å². The highest BCUT2D eigenvalue weighted by molar-refractivity contribution is 7.89. The Bertz CT molecular complexity index is 1160. The molecule has 2 fully saturated rings. The Balaban J connectivity index is 1.49. The quantitative estimate of drug-likeness (QED) is 0.361. The van der Waals surface area contributed by atoms with Gasteiger partial charge in [-0.25, -0.2) is 13.2 Å². The van der Waals surface area contributed by atoms with Gasteiger partial charge in [-0.05, 0) is 60.3 Å². The van der Waals surface area contributed by atoms with Crippen LogP contribution in [0.15, 0.2) is 59.5 Å². The molecule has 2 aromatic carbocycles. The molecule has 2 aliphatic carbocycles. The molecule has 9 heteroatoms. The summed E-state index contributed by atoms with van der Waals surface area (Å²) in [5.41, 5.74) is 1.52. The third-order valence-corrected chi connectivity index (χ3v) is 9.84. The monoisotopic (exact) mass is 558 g/mol. The van der Waals surface area contributed by atoms with Gasteiger partial charge in [-0.2, -0.15) is 4.31 Å². The maximum Gasteiger partial charge on any atom is 0.407 e. The summed E-state index contributed by atoms with van der Waals surface area (Å²) < 4.78 is 34.2. The highest BCUT2D eigenvalue weighted by atomic mass is 32.2. The van der Waals surface area contributed by atoms with Gasteiger partial charge in [-0.15, -0.1) is 0 Å². The van der Waals surface area contributed by atoms with Crippen molar-refractivity contribution < 1.29 is 28.2 Å². The number of alkyl carbamates (subject to hydrolysis) is 1. The number of carbonyl (C=O) groups is 1. The molecule has 39 heavy (non-hydrogen) atoms. The number of sulfonamides is 1. The molecule has 0 radical (unpaired) electrons. The molecule has 0 bridgehead atoms. The molecule has 2 saturated carbocycles. The van der Waals surface area contributed by atoms with Crippen molar-refractivity contribution in [2.24, 2.45) is 17.8 Å². The van der Waals surface area contributed by atoms with Crippen LogP contribution in [0, 0.1) is 17.8 Å². The Kier molecular flexibility index (Phi) is 10.0. The summed E-state index contributed by atoms with van der Waals surface area (Å²) in [6.07, 6.45) is 3.89. The summed E-state index contributed by atoms with van der Waals surface area (Å²) in [5, 5.41) is 23.6. The molecule has 8 nitrogen and oxygen atoms in total. The molecule has 214 valence electrons. The second kappa shape index (κ2) is 13.3. The third kappa shape index (κ3) is 7.81. The molecule has 0 aromatic heterocycles. The van der Waals surface area contributed by atoms with Crippen molar-refractivity contribution in [3.63, 3.8) is 0 Å². The number of carbonyl (C=O) groups excluding carboxylic acids is 1.